The number of piperidine rings is 1. The lowest BCUT2D eigenvalue weighted by atomic mass is 10.2. The number of thioether (sulfide) groups is 1. The Bertz CT molecular complexity index is 751. The molecule has 0 amide bonds. The Balaban J connectivity index is 1.66. The highest BCUT2D eigenvalue weighted by Gasteiger charge is 2.26. The number of aryl methyl sites for hydroxylation is 1. The monoisotopic (exact) mass is 353 g/mol. The summed E-state index contributed by atoms with van der Waals surface area (Å²) in [5.41, 5.74) is 0.847. The van der Waals surface area contributed by atoms with Crippen LogP contribution in [0.15, 0.2) is 38.8 Å². The first-order valence-corrected chi connectivity index (χ1v) is 9.99. The van der Waals surface area contributed by atoms with Gasteiger partial charge < -0.3 is 4.52 Å². The number of hydrogen-bond donors (Lipinski definition) is 0. The van der Waals surface area contributed by atoms with Crippen LogP contribution in [-0.2, 0) is 15.8 Å². The van der Waals surface area contributed by atoms with E-state index in [0.717, 1.165) is 35.7 Å². The summed E-state index contributed by atoms with van der Waals surface area (Å²) < 4.78 is 31.6. The lowest BCUT2D eigenvalue weighted by Crippen LogP contribution is -2.35. The summed E-state index contributed by atoms with van der Waals surface area (Å²) in [5.74, 6) is 1.42. The number of pyridine rings is 1. The standard InChI is InChI=1S/C15H19N3O3S2/c1-12-9-13(17-21-12)11-22-15-6-5-14(10-16-15)23(19,20)18-7-3-2-4-8-18/h5-6,9-10H,2-4,7-8,11H2,1H3. The quantitative estimate of drug-likeness (QED) is 0.769. The minimum Gasteiger partial charge on any atom is -0.361 e. The predicted octanol–water partition coefficient (Wildman–Crippen LogP) is 2.84. The molecule has 8 heteroatoms. The highest BCUT2D eigenvalue weighted by Crippen LogP contribution is 2.24. The van der Waals surface area contributed by atoms with Crippen molar-refractivity contribution < 1.29 is 12.9 Å². The maximum Gasteiger partial charge on any atom is 0.244 e. The maximum absolute atomic E-state index is 12.5. The van der Waals surface area contributed by atoms with Gasteiger partial charge in [-0.25, -0.2) is 13.4 Å². The Morgan fingerprint density at radius 2 is 2.04 bits per heavy atom. The molecule has 0 atom stereocenters. The Kier molecular flexibility index (Phi) is 5.03. The molecule has 0 radical (unpaired) electrons. The molecule has 124 valence electrons. The molecule has 1 fully saturated rings. The van der Waals surface area contributed by atoms with Crippen LogP contribution in [0.1, 0.15) is 30.7 Å². The number of rotatable bonds is 5. The van der Waals surface area contributed by atoms with Crippen LogP contribution < -0.4 is 0 Å². The van der Waals surface area contributed by atoms with E-state index >= 15 is 0 Å². The van der Waals surface area contributed by atoms with Crippen molar-refractivity contribution in [3.8, 4) is 0 Å². The second-order valence-electron chi connectivity index (χ2n) is 5.51. The lowest BCUT2D eigenvalue weighted by Gasteiger charge is -2.25. The number of hydrogen-bond acceptors (Lipinski definition) is 6. The van der Waals surface area contributed by atoms with Gasteiger partial charge in [-0.05, 0) is 31.9 Å². The Labute approximate surface area is 140 Å². The fraction of sp³-hybridized carbons (Fsp3) is 0.467. The van der Waals surface area contributed by atoms with Crippen LogP contribution in [0.4, 0.5) is 0 Å². The summed E-state index contributed by atoms with van der Waals surface area (Å²) in [7, 11) is -3.41. The van der Waals surface area contributed by atoms with Crippen molar-refractivity contribution >= 4 is 21.8 Å². The summed E-state index contributed by atoms with van der Waals surface area (Å²) in [6, 6.07) is 5.25. The van der Waals surface area contributed by atoms with Crippen LogP contribution in [-0.4, -0.2) is 36.0 Å². The molecule has 23 heavy (non-hydrogen) atoms. The number of sulfonamides is 1. The third kappa shape index (κ3) is 3.94. The first-order chi connectivity index (χ1) is 11.1. The molecule has 0 saturated carbocycles. The van der Waals surface area contributed by atoms with E-state index in [2.05, 4.69) is 10.1 Å². The van der Waals surface area contributed by atoms with E-state index in [9.17, 15) is 8.42 Å². The molecule has 1 aliphatic rings. The molecular weight excluding hydrogens is 334 g/mol. The summed E-state index contributed by atoms with van der Waals surface area (Å²) in [4.78, 5) is 4.53. The summed E-state index contributed by atoms with van der Waals surface area (Å²) in [6.07, 6.45) is 4.40. The minimum absolute atomic E-state index is 0.265. The van der Waals surface area contributed by atoms with Crippen LogP contribution in [0.25, 0.3) is 0 Å². The van der Waals surface area contributed by atoms with Crippen molar-refractivity contribution in [2.24, 2.45) is 0 Å². The molecule has 0 N–H and O–H groups in total. The summed E-state index contributed by atoms with van der Waals surface area (Å²) >= 11 is 1.50. The molecule has 0 unspecified atom stereocenters. The van der Waals surface area contributed by atoms with Gasteiger partial charge in [0.2, 0.25) is 10.0 Å². The minimum atomic E-state index is -3.41. The van der Waals surface area contributed by atoms with Gasteiger partial charge >= 0.3 is 0 Å². The third-order valence-corrected chi connectivity index (χ3v) is 6.57. The summed E-state index contributed by atoms with van der Waals surface area (Å²) in [6.45, 7) is 3.05. The zero-order valence-corrected chi connectivity index (χ0v) is 14.6. The molecule has 3 rings (SSSR count). The Morgan fingerprint density at radius 1 is 1.26 bits per heavy atom. The van der Waals surface area contributed by atoms with E-state index in [1.54, 1.807) is 16.4 Å². The van der Waals surface area contributed by atoms with Crippen molar-refractivity contribution in [2.45, 2.75) is 41.9 Å². The van der Waals surface area contributed by atoms with E-state index in [-0.39, 0.29) is 4.90 Å². The van der Waals surface area contributed by atoms with Gasteiger partial charge in [-0.2, -0.15) is 4.31 Å². The average molecular weight is 353 g/mol. The van der Waals surface area contributed by atoms with E-state index in [4.69, 9.17) is 4.52 Å². The van der Waals surface area contributed by atoms with E-state index in [1.165, 1.54) is 18.0 Å². The van der Waals surface area contributed by atoms with Gasteiger partial charge in [0.05, 0.1) is 10.7 Å². The van der Waals surface area contributed by atoms with E-state index in [1.807, 2.05) is 13.0 Å². The van der Waals surface area contributed by atoms with Gasteiger partial charge in [0.25, 0.3) is 0 Å². The van der Waals surface area contributed by atoms with Gasteiger partial charge in [-0.3, -0.25) is 0 Å². The van der Waals surface area contributed by atoms with Crippen LogP contribution >= 0.6 is 11.8 Å². The molecule has 0 spiro atoms. The van der Waals surface area contributed by atoms with E-state index < -0.39 is 10.0 Å². The molecule has 0 bridgehead atoms. The molecule has 2 aromatic heterocycles. The zero-order chi connectivity index (χ0) is 16.3. The van der Waals surface area contributed by atoms with Crippen molar-refractivity contribution in [1.29, 1.82) is 0 Å². The van der Waals surface area contributed by atoms with Crippen LogP contribution in [0, 0.1) is 6.92 Å². The van der Waals surface area contributed by atoms with Crippen molar-refractivity contribution in [2.75, 3.05) is 13.1 Å². The fourth-order valence-corrected chi connectivity index (χ4v) is 4.68. The molecule has 0 aromatic carbocycles. The van der Waals surface area contributed by atoms with Crippen molar-refractivity contribution in [3.05, 3.63) is 35.9 Å². The second-order valence-corrected chi connectivity index (χ2v) is 8.45. The van der Waals surface area contributed by atoms with Crippen molar-refractivity contribution in [1.82, 2.24) is 14.4 Å². The summed E-state index contributed by atoms with van der Waals surface area (Å²) in [5, 5.41) is 4.69. The average Bonchev–Trinajstić information content (AvgIpc) is 3.00. The maximum atomic E-state index is 12.5. The zero-order valence-electron chi connectivity index (χ0n) is 12.9. The topological polar surface area (TPSA) is 76.3 Å². The number of aromatic nitrogens is 2. The van der Waals surface area contributed by atoms with Crippen LogP contribution in [0.2, 0.25) is 0 Å². The Morgan fingerprint density at radius 3 is 2.65 bits per heavy atom. The number of nitrogens with zero attached hydrogens (tertiary/aromatic N) is 3. The van der Waals surface area contributed by atoms with Gasteiger partial charge in [-0.1, -0.05) is 23.3 Å². The third-order valence-electron chi connectivity index (χ3n) is 3.71. The van der Waals surface area contributed by atoms with E-state index in [0.29, 0.717) is 18.8 Å². The molecule has 1 aliphatic heterocycles. The van der Waals surface area contributed by atoms with Gasteiger partial charge in [-0.15, -0.1) is 0 Å². The molecular formula is C15H19N3O3S2. The normalized spacial score (nSPS) is 16.6. The first kappa shape index (κ1) is 16.5. The first-order valence-electron chi connectivity index (χ1n) is 7.57. The Hall–Kier alpha value is -1.38. The predicted molar refractivity (Wildman–Crippen MR) is 87.6 cm³/mol. The second kappa shape index (κ2) is 7.02. The highest BCUT2D eigenvalue weighted by molar-refractivity contribution is 7.98. The smallest absolute Gasteiger partial charge is 0.244 e. The highest BCUT2D eigenvalue weighted by atomic mass is 32.2. The largest absolute Gasteiger partial charge is 0.361 e. The van der Waals surface area contributed by atoms with Gasteiger partial charge in [0, 0.05) is 31.1 Å². The molecule has 2 aromatic rings. The van der Waals surface area contributed by atoms with Crippen LogP contribution in [0.3, 0.4) is 0 Å². The molecule has 6 nitrogen and oxygen atoms in total. The molecule has 0 aliphatic carbocycles. The molecule has 1 saturated heterocycles. The SMILES string of the molecule is Cc1cc(CSc2ccc(S(=O)(=O)N3CCCCC3)cn2)no1. The van der Waals surface area contributed by atoms with Gasteiger partial charge in [0.1, 0.15) is 10.7 Å². The fourth-order valence-electron chi connectivity index (χ4n) is 2.49. The van der Waals surface area contributed by atoms with Crippen LogP contribution in [0.5, 0.6) is 0 Å². The molecule has 3 heterocycles. The van der Waals surface area contributed by atoms with Crippen molar-refractivity contribution in [3.63, 3.8) is 0 Å². The lowest BCUT2D eigenvalue weighted by molar-refractivity contribution is 0.346. The van der Waals surface area contributed by atoms with Gasteiger partial charge in [0.15, 0.2) is 0 Å².